The largest absolute Gasteiger partial charge is 0.467 e. The molecule has 0 heterocycles. The van der Waals surface area contributed by atoms with Gasteiger partial charge in [0, 0.05) is 6.92 Å². The lowest BCUT2D eigenvalue weighted by molar-refractivity contribution is -0.146. The Labute approximate surface area is 101 Å². The average molecular weight is 244 g/mol. The smallest absolute Gasteiger partial charge is 0.329 e. The lowest BCUT2D eigenvalue weighted by atomic mass is 10.3. The summed E-state index contributed by atoms with van der Waals surface area (Å²) < 4.78 is 4.59. The van der Waals surface area contributed by atoms with Crippen LogP contribution in [0.1, 0.15) is 32.6 Å². The zero-order chi connectivity index (χ0) is 12.7. The predicted octanol–water partition coefficient (Wildman–Crippen LogP) is 0.128. The number of methoxy groups -OCH3 is 1. The SMILES string of the molecule is COC(=O)C(CNOC1CCCC1)NC(C)=O. The normalized spacial score (nSPS) is 17.8. The first-order valence-corrected chi connectivity index (χ1v) is 5.87. The second kappa shape index (κ2) is 7.24. The Morgan fingerprint density at radius 2 is 2.00 bits per heavy atom. The maximum absolute atomic E-state index is 11.3. The molecule has 1 rings (SSSR count). The van der Waals surface area contributed by atoms with Gasteiger partial charge in [-0.3, -0.25) is 9.63 Å². The predicted molar refractivity (Wildman–Crippen MR) is 61.0 cm³/mol. The van der Waals surface area contributed by atoms with Crippen LogP contribution < -0.4 is 10.8 Å². The van der Waals surface area contributed by atoms with Gasteiger partial charge in [0.25, 0.3) is 0 Å². The highest BCUT2D eigenvalue weighted by Gasteiger charge is 2.21. The average Bonchev–Trinajstić information content (AvgIpc) is 2.79. The zero-order valence-electron chi connectivity index (χ0n) is 10.3. The van der Waals surface area contributed by atoms with Crippen LogP contribution in [0.25, 0.3) is 0 Å². The summed E-state index contributed by atoms with van der Waals surface area (Å²) >= 11 is 0. The van der Waals surface area contributed by atoms with Crippen LogP contribution in [-0.2, 0) is 19.2 Å². The van der Waals surface area contributed by atoms with Gasteiger partial charge in [0.05, 0.1) is 19.8 Å². The van der Waals surface area contributed by atoms with Crippen LogP contribution >= 0.6 is 0 Å². The minimum atomic E-state index is -0.709. The minimum absolute atomic E-state index is 0.211. The van der Waals surface area contributed by atoms with Crippen molar-refractivity contribution in [2.45, 2.75) is 44.8 Å². The molecule has 98 valence electrons. The maximum Gasteiger partial charge on any atom is 0.329 e. The summed E-state index contributed by atoms with van der Waals surface area (Å²) in [5.74, 6) is -0.759. The Hall–Kier alpha value is -1.14. The fourth-order valence-electron chi connectivity index (χ4n) is 1.84. The van der Waals surface area contributed by atoms with Gasteiger partial charge in [0.1, 0.15) is 6.04 Å². The van der Waals surface area contributed by atoms with Gasteiger partial charge in [0.15, 0.2) is 0 Å². The van der Waals surface area contributed by atoms with Gasteiger partial charge in [-0.05, 0) is 12.8 Å². The van der Waals surface area contributed by atoms with Gasteiger partial charge in [-0.1, -0.05) is 12.8 Å². The van der Waals surface area contributed by atoms with Gasteiger partial charge < -0.3 is 10.1 Å². The van der Waals surface area contributed by atoms with E-state index in [-0.39, 0.29) is 18.6 Å². The third-order valence-electron chi connectivity index (χ3n) is 2.70. The third-order valence-corrected chi connectivity index (χ3v) is 2.70. The van der Waals surface area contributed by atoms with E-state index in [1.807, 2.05) is 0 Å². The van der Waals surface area contributed by atoms with E-state index in [1.54, 1.807) is 0 Å². The van der Waals surface area contributed by atoms with Crippen LogP contribution in [0.3, 0.4) is 0 Å². The van der Waals surface area contributed by atoms with Crippen molar-refractivity contribution in [3.05, 3.63) is 0 Å². The number of hydrogen-bond donors (Lipinski definition) is 2. The zero-order valence-corrected chi connectivity index (χ0v) is 10.3. The quantitative estimate of drug-likeness (QED) is 0.513. The molecule has 0 aliphatic heterocycles. The number of carbonyl (C=O) groups is 2. The molecule has 0 aromatic rings. The van der Waals surface area contributed by atoms with Crippen molar-refractivity contribution >= 4 is 11.9 Å². The van der Waals surface area contributed by atoms with E-state index in [9.17, 15) is 9.59 Å². The summed E-state index contributed by atoms with van der Waals surface area (Å²) in [5, 5.41) is 2.50. The Morgan fingerprint density at radius 1 is 1.35 bits per heavy atom. The molecule has 2 N–H and O–H groups in total. The molecule has 1 atom stereocenters. The Bertz CT molecular complexity index is 264. The van der Waals surface area contributed by atoms with Crippen molar-refractivity contribution in [3.63, 3.8) is 0 Å². The van der Waals surface area contributed by atoms with E-state index < -0.39 is 12.0 Å². The fourth-order valence-corrected chi connectivity index (χ4v) is 1.84. The van der Waals surface area contributed by atoms with Gasteiger partial charge in [0.2, 0.25) is 5.91 Å². The van der Waals surface area contributed by atoms with Crippen molar-refractivity contribution in [2.24, 2.45) is 0 Å². The number of hydroxylamine groups is 1. The van der Waals surface area contributed by atoms with Crippen molar-refractivity contribution < 1.29 is 19.2 Å². The summed E-state index contributed by atoms with van der Waals surface area (Å²) in [4.78, 5) is 27.6. The Balaban J connectivity index is 2.27. The molecule has 1 fully saturated rings. The van der Waals surface area contributed by atoms with Crippen LogP contribution in [0, 0.1) is 0 Å². The van der Waals surface area contributed by atoms with Crippen molar-refractivity contribution in [2.75, 3.05) is 13.7 Å². The standard InChI is InChI=1S/C11H20N2O4/c1-8(14)13-10(11(15)16-2)7-12-17-9-5-3-4-6-9/h9-10,12H,3-7H2,1-2H3,(H,13,14). The molecule has 1 saturated carbocycles. The van der Waals surface area contributed by atoms with Crippen molar-refractivity contribution in [1.29, 1.82) is 0 Å². The van der Waals surface area contributed by atoms with Gasteiger partial charge in [-0.15, -0.1) is 0 Å². The lowest BCUT2D eigenvalue weighted by Crippen LogP contribution is -2.47. The number of nitrogens with one attached hydrogen (secondary N) is 2. The van der Waals surface area contributed by atoms with E-state index in [0.717, 1.165) is 12.8 Å². The summed E-state index contributed by atoms with van der Waals surface area (Å²) in [6.07, 6.45) is 4.65. The molecule has 1 aliphatic rings. The highest BCUT2D eigenvalue weighted by atomic mass is 16.7. The van der Waals surface area contributed by atoms with Gasteiger partial charge >= 0.3 is 5.97 Å². The summed E-state index contributed by atoms with van der Waals surface area (Å²) in [7, 11) is 1.29. The molecule has 0 spiro atoms. The summed E-state index contributed by atoms with van der Waals surface area (Å²) in [5.41, 5.74) is 2.73. The van der Waals surface area contributed by atoms with E-state index in [1.165, 1.54) is 26.9 Å². The van der Waals surface area contributed by atoms with E-state index in [2.05, 4.69) is 15.5 Å². The number of hydrogen-bond acceptors (Lipinski definition) is 5. The molecule has 6 nitrogen and oxygen atoms in total. The summed E-state index contributed by atoms with van der Waals surface area (Å²) in [6, 6.07) is -0.709. The van der Waals surface area contributed by atoms with Crippen LogP contribution in [0.5, 0.6) is 0 Å². The first-order chi connectivity index (χ1) is 8.13. The monoisotopic (exact) mass is 244 g/mol. The molecular weight excluding hydrogens is 224 g/mol. The topological polar surface area (TPSA) is 76.7 Å². The first kappa shape index (κ1) is 13.9. The molecule has 6 heteroatoms. The molecule has 0 aromatic carbocycles. The van der Waals surface area contributed by atoms with Gasteiger partial charge in [-0.2, -0.15) is 5.48 Å². The minimum Gasteiger partial charge on any atom is -0.467 e. The van der Waals surface area contributed by atoms with Crippen LogP contribution in [-0.4, -0.2) is 37.7 Å². The molecule has 0 radical (unpaired) electrons. The van der Waals surface area contributed by atoms with Crippen molar-refractivity contribution in [1.82, 2.24) is 10.8 Å². The Kier molecular flexibility index (Phi) is 5.93. The molecule has 0 aromatic heterocycles. The lowest BCUT2D eigenvalue weighted by Gasteiger charge is -2.17. The molecule has 1 amide bonds. The summed E-state index contributed by atoms with van der Waals surface area (Å²) in [6.45, 7) is 1.57. The number of amides is 1. The van der Waals surface area contributed by atoms with E-state index >= 15 is 0 Å². The second-order valence-electron chi connectivity index (χ2n) is 4.15. The maximum atomic E-state index is 11.3. The number of rotatable bonds is 6. The fraction of sp³-hybridized carbons (Fsp3) is 0.818. The van der Waals surface area contributed by atoms with Crippen LogP contribution in [0.15, 0.2) is 0 Å². The van der Waals surface area contributed by atoms with Gasteiger partial charge in [-0.25, -0.2) is 4.79 Å². The van der Waals surface area contributed by atoms with Crippen LogP contribution in [0.4, 0.5) is 0 Å². The molecule has 1 unspecified atom stereocenters. The van der Waals surface area contributed by atoms with Crippen molar-refractivity contribution in [3.8, 4) is 0 Å². The highest BCUT2D eigenvalue weighted by molar-refractivity contribution is 5.83. The number of esters is 1. The molecule has 17 heavy (non-hydrogen) atoms. The van der Waals surface area contributed by atoms with E-state index in [0.29, 0.717) is 0 Å². The Morgan fingerprint density at radius 3 is 2.53 bits per heavy atom. The third kappa shape index (κ3) is 5.14. The van der Waals surface area contributed by atoms with E-state index in [4.69, 9.17) is 4.84 Å². The van der Waals surface area contributed by atoms with Crippen LogP contribution in [0.2, 0.25) is 0 Å². The highest BCUT2D eigenvalue weighted by Crippen LogP contribution is 2.19. The number of carbonyl (C=O) groups excluding carboxylic acids is 2. The first-order valence-electron chi connectivity index (χ1n) is 5.87. The second-order valence-corrected chi connectivity index (χ2v) is 4.15. The number of ether oxygens (including phenoxy) is 1. The molecule has 0 bridgehead atoms. The molecule has 0 saturated heterocycles. The molecule has 1 aliphatic carbocycles. The molecular formula is C11H20N2O4.